The van der Waals surface area contributed by atoms with E-state index >= 15 is 0 Å². The third-order valence-electron chi connectivity index (χ3n) is 3.82. The highest BCUT2D eigenvalue weighted by atomic mass is 19.4. The van der Waals surface area contributed by atoms with Gasteiger partial charge < -0.3 is 19.1 Å². The van der Waals surface area contributed by atoms with Gasteiger partial charge in [0.2, 0.25) is 5.88 Å². The van der Waals surface area contributed by atoms with Gasteiger partial charge >= 0.3 is 6.18 Å². The summed E-state index contributed by atoms with van der Waals surface area (Å²) in [5.74, 6) is -1.01. The van der Waals surface area contributed by atoms with Crippen molar-refractivity contribution < 1.29 is 27.4 Å². The van der Waals surface area contributed by atoms with Crippen LogP contribution in [-0.2, 0) is 15.7 Å². The maximum atomic E-state index is 12.8. The Morgan fingerprint density at radius 3 is 2.75 bits per heavy atom. The summed E-state index contributed by atoms with van der Waals surface area (Å²) >= 11 is 0. The van der Waals surface area contributed by atoms with E-state index in [1.807, 2.05) is 6.19 Å². The quantitative estimate of drug-likeness (QED) is 0.767. The van der Waals surface area contributed by atoms with Gasteiger partial charge in [0.1, 0.15) is 24.0 Å². The van der Waals surface area contributed by atoms with Crippen LogP contribution in [0.5, 0.6) is 5.88 Å². The summed E-state index contributed by atoms with van der Waals surface area (Å²) in [6.45, 7) is 4.01. The predicted octanol–water partition coefficient (Wildman–Crippen LogP) is 2.16. The van der Waals surface area contributed by atoms with Crippen molar-refractivity contribution in [2.24, 2.45) is 0 Å². The maximum Gasteiger partial charge on any atom is 0.433 e. The van der Waals surface area contributed by atoms with E-state index in [1.165, 1.54) is 17.0 Å². The minimum atomic E-state index is -4.55. The molecule has 3 atom stereocenters. The van der Waals surface area contributed by atoms with Gasteiger partial charge in [-0.15, -0.1) is 0 Å². The minimum absolute atomic E-state index is 0.165. The van der Waals surface area contributed by atoms with Gasteiger partial charge in [-0.05, 0) is 19.9 Å². The Morgan fingerprint density at radius 2 is 2.08 bits per heavy atom. The molecule has 1 aromatic heterocycles. The van der Waals surface area contributed by atoms with Gasteiger partial charge in [0.05, 0.1) is 13.1 Å². The molecule has 0 radical (unpaired) electrons. The van der Waals surface area contributed by atoms with E-state index in [0.29, 0.717) is 6.54 Å². The molecule has 0 aromatic carbocycles. The minimum Gasteiger partial charge on any atom is -0.470 e. The molecule has 0 N–H and O–H groups in total. The van der Waals surface area contributed by atoms with Crippen LogP contribution in [0.2, 0.25) is 0 Å². The largest absolute Gasteiger partial charge is 0.470 e. The van der Waals surface area contributed by atoms with Gasteiger partial charge in [-0.3, -0.25) is 0 Å². The van der Waals surface area contributed by atoms with E-state index in [0.717, 1.165) is 6.07 Å². The molecule has 1 aromatic rings. The number of alkyl halides is 3. The van der Waals surface area contributed by atoms with Crippen molar-refractivity contribution in [1.29, 1.82) is 5.26 Å². The molecule has 6 nitrogen and oxygen atoms in total. The van der Waals surface area contributed by atoms with Crippen LogP contribution in [0.15, 0.2) is 18.2 Å². The first-order chi connectivity index (χ1) is 11.2. The molecule has 2 aliphatic rings. The third kappa shape index (κ3) is 3.39. The van der Waals surface area contributed by atoms with Crippen LogP contribution in [0.25, 0.3) is 0 Å². The average Bonchev–Trinajstić information content (AvgIpc) is 2.81. The van der Waals surface area contributed by atoms with Crippen LogP contribution in [0.3, 0.4) is 0 Å². The number of hydrogen-bond acceptors (Lipinski definition) is 6. The zero-order chi connectivity index (χ0) is 17.5. The summed E-state index contributed by atoms with van der Waals surface area (Å²) in [7, 11) is 0. The van der Waals surface area contributed by atoms with Gasteiger partial charge in [-0.2, -0.15) is 18.4 Å². The lowest BCUT2D eigenvalue weighted by Crippen LogP contribution is -2.54. The fourth-order valence-corrected chi connectivity index (χ4v) is 2.91. The summed E-state index contributed by atoms with van der Waals surface area (Å²) in [6.07, 6.45) is -4.09. The van der Waals surface area contributed by atoms with Crippen LogP contribution in [0.1, 0.15) is 19.5 Å². The van der Waals surface area contributed by atoms with Crippen molar-refractivity contribution in [3.05, 3.63) is 23.9 Å². The highest BCUT2D eigenvalue weighted by Crippen LogP contribution is 2.35. The Balaban J connectivity index is 1.81. The van der Waals surface area contributed by atoms with Crippen molar-refractivity contribution >= 4 is 0 Å². The normalized spacial score (nSPS) is 29.0. The van der Waals surface area contributed by atoms with Crippen LogP contribution >= 0.6 is 0 Å². The second-order valence-electron chi connectivity index (χ2n) is 6.16. The molecule has 0 unspecified atom stereocenters. The maximum absolute atomic E-state index is 12.8. The Labute approximate surface area is 136 Å². The number of rotatable bonds is 2. The number of pyridine rings is 1. The van der Waals surface area contributed by atoms with Crippen molar-refractivity contribution in [2.45, 2.75) is 44.1 Å². The van der Waals surface area contributed by atoms with Gasteiger partial charge in [0, 0.05) is 6.07 Å². The fourth-order valence-electron chi connectivity index (χ4n) is 2.91. The highest BCUT2D eigenvalue weighted by Gasteiger charge is 2.50. The number of ether oxygens (including phenoxy) is 3. The van der Waals surface area contributed by atoms with Crippen LogP contribution < -0.4 is 4.74 Å². The first-order valence-corrected chi connectivity index (χ1v) is 7.39. The molecule has 2 fully saturated rings. The zero-order valence-electron chi connectivity index (χ0n) is 13.1. The van der Waals surface area contributed by atoms with Crippen molar-refractivity contribution in [3.63, 3.8) is 0 Å². The van der Waals surface area contributed by atoms with E-state index in [2.05, 4.69) is 4.98 Å². The number of fused-ring (bicyclic) bond motifs is 1. The monoisotopic (exact) mass is 343 g/mol. The van der Waals surface area contributed by atoms with E-state index in [-0.39, 0.29) is 12.4 Å². The molecule has 3 rings (SSSR count). The van der Waals surface area contributed by atoms with Gasteiger partial charge in [-0.25, -0.2) is 4.98 Å². The molecule has 2 saturated heterocycles. The Bertz CT molecular complexity index is 659. The summed E-state index contributed by atoms with van der Waals surface area (Å²) in [6, 6.07) is 3.44. The number of aromatic nitrogens is 1. The molecular weight excluding hydrogens is 327 g/mol. The number of halogens is 3. The van der Waals surface area contributed by atoms with Crippen molar-refractivity contribution in [2.75, 3.05) is 13.1 Å². The van der Waals surface area contributed by atoms with Crippen LogP contribution in [0, 0.1) is 11.5 Å². The second-order valence-corrected chi connectivity index (χ2v) is 6.16. The number of nitriles is 1. The summed E-state index contributed by atoms with van der Waals surface area (Å²) in [5.41, 5.74) is -1.03. The molecule has 0 aliphatic carbocycles. The van der Waals surface area contributed by atoms with Gasteiger partial charge in [0.15, 0.2) is 12.0 Å². The molecule has 0 spiro atoms. The van der Waals surface area contributed by atoms with E-state index in [1.54, 1.807) is 13.8 Å². The number of likely N-dealkylation sites (tertiary alicyclic amines) is 1. The lowest BCUT2D eigenvalue weighted by molar-refractivity contribution is -0.151. The fraction of sp³-hybridized carbons (Fsp3) is 0.600. The smallest absolute Gasteiger partial charge is 0.433 e. The number of nitrogens with zero attached hydrogens (tertiary/aromatic N) is 3. The Morgan fingerprint density at radius 1 is 1.33 bits per heavy atom. The molecule has 3 heterocycles. The van der Waals surface area contributed by atoms with E-state index < -0.39 is 36.0 Å². The summed E-state index contributed by atoms with van der Waals surface area (Å²) in [4.78, 5) is 4.93. The Hall–Kier alpha value is -2.05. The first kappa shape index (κ1) is 16.8. The van der Waals surface area contributed by atoms with E-state index in [9.17, 15) is 13.2 Å². The second kappa shape index (κ2) is 5.79. The summed E-state index contributed by atoms with van der Waals surface area (Å²) < 4.78 is 55.4. The molecular formula is C15H16F3N3O3. The third-order valence-corrected chi connectivity index (χ3v) is 3.82. The molecule has 130 valence electrons. The lowest BCUT2D eigenvalue weighted by atomic mass is 10.0. The lowest BCUT2D eigenvalue weighted by Gasteiger charge is -2.35. The van der Waals surface area contributed by atoms with Gasteiger partial charge in [0.25, 0.3) is 0 Å². The molecule has 0 bridgehead atoms. The zero-order valence-corrected chi connectivity index (χ0v) is 13.1. The standard InChI is InChI=1S/C15H16F3N3O3/c1-14(2)23-10-7-21(8-19)6-9(13(10)24-14)22-12-5-3-4-11(20-12)15(16,17)18/h3-5,9-10,13H,6-7H2,1-2H3/t9-,10-,13+/m0/s1. The number of hydrogen-bond donors (Lipinski definition) is 0. The van der Waals surface area contributed by atoms with Crippen LogP contribution in [0.4, 0.5) is 13.2 Å². The van der Waals surface area contributed by atoms with Gasteiger partial charge in [-0.1, -0.05) is 6.07 Å². The number of piperidine rings is 1. The summed E-state index contributed by atoms with van der Waals surface area (Å²) in [5, 5.41) is 9.14. The van der Waals surface area contributed by atoms with Crippen molar-refractivity contribution in [1.82, 2.24) is 9.88 Å². The predicted molar refractivity (Wildman–Crippen MR) is 74.7 cm³/mol. The van der Waals surface area contributed by atoms with E-state index in [4.69, 9.17) is 19.5 Å². The van der Waals surface area contributed by atoms with Crippen molar-refractivity contribution in [3.8, 4) is 12.1 Å². The first-order valence-electron chi connectivity index (χ1n) is 7.39. The molecule has 24 heavy (non-hydrogen) atoms. The average molecular weight is 343 g/mol. The Kier molecular flexibility index (Phi) is 4.05. The molecule has 0 saturated carbocycles. The van der Waals surface area contributed by atoms with Crippen LogP contribution in [-0.4, -0.2) is 47.1 Å². The SMILES string of the molecule is CC1(C)O[C@@H]2[C@@H](Oc3cccc(C(F)(F)F)n3)CN(C#N)C[C@@H]2O1. The molecule has 9 heteroatoms. The highest BCUT2D eigenvalue weighted by molar-refractivity contribution is 5.18. The topological polar surface area (TPSA) is 67.6 Å². The molecule has 2 aliphatic heterocycles. The molecule has 0 amide bonds.